The van der Waals surface area contributed by atoms with E-state index < -0.39 is 5.60 Å². The molecule has 3 fully saturated rings. The zero-order chi connectivity index (χ0) is 22.8. The van der Waals surface area contributed by atoms with Crippen molar-refractivity contribution in [2.45, 2.75) is 83.2 Å². The van der Waals surface area contributed by atoms with Crippen molar-refractivity contribution in [3.05, 3.63) is 10.8 Å². The number of hydrogen-bond acceptors (Lipinski definition) is 5. The molecule has 0 aromatic heterocycles. The molecule has 2 atom stereocenters. The van der Waals surface area contributed by atoms with Gasteiger partial charge >= 0.3 is 0 Å². The summed E-state index contributed by atoms with van der Waals surface area (Å²) in [6, 6.07) is 0. The molecule has 0 aromatic carbocycles. The molecule has 4 aliphatic rings. The number of piperidine rings is 1. The lowest BCUT2D eigenvalue weighted by Gasteiger charge is -2.54. The Morgan fingerprint density at radius 2 is 1.97 bits per heavy atom. The number of nitrogens with zero attached hydrogens (tertiary/aromatic N) is 3. The van der Waals surface area contributed by atoms with Crippen LogP contribution in [0.3, 0.4) is 0 Å². The van der Waals surface area contributed by atoms with Crippen molar-refractivity contribution in [3.63, 3.8) is 0 Å². The van der Waals surface area contributed by atoms with Crippen molar-refractivity contribution in [2.75, 3.05) is 26.2 Å². The summed E-state index contributed by atoms with van der Waals surface area (Å²) in [4.78, 5) is 33.0. The minimum atomic E-state index is -0.873. The molecule has 1 spiro atoms. The van der Waals surface area contributed by atoms with Gasteiger partial charge in [0, 0.05) is 37.2 Å². The summed E-state index contributed by atoms with van der Waals surface area (Å²) >= 11 is 3.39. The molecule has 2 aliphatic carbocycles. The van der Waals surface area contributed by atoms with Gasteiger partial charge in [-0.05, 0) is 47.5 Å². The van der Waals surface area contributed by atoms with E-state index in [1.807, 2.05) is 11.1 Å². The van der Waals surface area contributed by atoms with Crippen LogP contribution in [0.1, 0.15) is 77.6 Å². The predicted molar refractivity (Wildman–Crippen MR) is 129 cm³/mol. The van der Waals surface area contributed by atoms with Crippen LogP contribution in [0.4, 0.5) is 0 Å². The van der Waals surface area contributed by atoms with Crippen LogP contribution in [-0.2, 0) is 9.59 Å². The Labute approximate surface area is 200 Å². The Hall–Kier alpha value is -1.21. The zero-order valence-electron chi connectivity index (χ0n) is 19.4. The first-order valence-electron chi connectivity index (χ1n) is 12.5. The SMILES string of the molecule is C[C@H](CC1CCCCC1)C(=O)N1CCC(O)(CN2C=C(Br)N=C(C=O)C2)C2(CCCC2)C1. The summed E-state index contributed by atoms with van der Waals surface area (Å²) in [5, 5.41) is 12.0. The van der Waals surface area contributed by atoms with E-state index in [0.29, 0.717) is 48.8 Å². The maximum absolute atomic E-state index is 13.4. The third-order valence-electron chi connectivity index (χ3n) is 8.49. The molecule has 32 heavy (non-hydrogen) atoms. The molecule has 2 aliphatic heterocycles. The monoisotopic (exact) mass is 507 g/mol. The fourth-order valence-electron chi connectivity index (χ4n) is 6.73. The second-order valence-electron chi connectivity index (χ2n) is 10.7. The first kappa shape index (κ1) is 23.9. The Kier molecular flexibility index (Phi) is 7.45. The van der Waals surface area contributed by atoms with E-state index in [1.54, 1.807) is 0 Å². The third kappa shape index (κ3) is 4.98. The average Bonchev–Trinajstić information content (AvgIpc) is 3.25. The molecule has 0 aromatic rings. The second kappa shape index (κ2) is 9.96. The molecular formula is C25H38BrN3O3. The number of hydrogen-bond donors (Lipinski definition) is 1. The number of aldehydes is 1. The van der Waals surface area contributed by atoms with E-state index >= 15 is 0 Å². The van der Waals surface area contributed by atoms with Crippen LogP contribution in [0.25, 0.3) is 0 Å². The van der Waals surface area contributed by atoms with Crippen LogP contribution in [0.15, 0.2) is 15.8 Å². The van der Waals surface area contributed by atoms with Crippen LogP contribution in [-0.4, -0.2) is 64.6 Å². The van der Waals surface area contributed by atoms with Crippen molar-refractivity contribution < 1.29 is 14.7 Å². The van der Waals surface area contributed by atoms with E-state index in [-0.39, 0.29) is 17.2 Å². The van der Waals surface area contributed by atoms with E-state index in [2.05, 4.69) is 32.7 Å². The quantitative estimate of drug-likeness (QED) is 0.430. The fourth-order valence-corrected chi connectivity index (χ4v) is 7.25. The van der Waals surface area contributed by atoms with Gasteiger partial charge < -0.3 is 14.9 Å². The van der Waals surface area contributed by atoms with E-state index in [9.17, 15) is 14.7 Å². The summed E-state index contributed by atoms with van der Waals surface area (Å²) in [7, 11) is 0. The van der Waals surface area contributed by atoms with Gasteiger partial charge in [-0.2, -0.15) is 0 Å². The van der Waals surface area contributed by atoms with Crippen molar-refractivity contribution in [3.8, 4) is 0 Å². The zero-order valence-corrected chi connectivity index (χ0v) is 21.0. The van der Waals surface area contributed by atoms with Crippen LogP contribution < -0.4 is 0 Å². The van der Waals surface area contributed by atoms with Crippen LogP contribution >= 0.6 is 15.9 Å². The highest BCUT2D eigenvalue weighted by Gasteiger charge is 2.56. The smallest absolute Gasteiger partial charge is 0.225 e. The fraction of sp³-hybridized carbons (Fsp3) is 0.800. The molecule has 7 heteroatoms. The maximum Gasteiger partial charge on any atom is 0.225 e. The summed E-state index contributed by atoms with van der Waals surface area (Å²) in [6.07, 6.45) is 14.9. The lowest BCUT2D eigenvalue weighted by atomic mass is 9.65. The number of halogens is 1. The van der Waals surface area contributed by atoms with Crippen molar-refractivity contribution in [1.82, 2.24) is 9.80 Å². The van der Waals surface area contributed by atoms with E-state index in [0.717, 1.165) is 38.4 Å². The predicted octanol–water partition coefficient (Wildman–Crippen LogP) is 4.27. The summed E-state index contributed by atoms with van der Waals surface area (Å²) in [6.45, 7) is 4.26. The molecule has 2 heterocycles. The van der Waals surface area contributed by atoms with Crippen LogP contribution in [0.2, 0.25) is 0 Å². The molecule has 1 unspecified atom stereocenters. The number of β-amino-alcohol motifs (C(OH)–C–C–N with tert-alkyl or cyclic N) is 1. The Bertz CT molecular complexity index is 770. The Morgan fingerprint density at radius 1 is 1.25 bits per heavy atom. The average molecular weight is 509 g/mol. The Morgan fingerprint density at radius 3 is 2.66 bits per heavy atom. The van der Waals surface area contributed by atoms with Gasteiger partial charge in [-0.3, -0.25) is 9.59 Å². The lowest BCUT2D eigenvalue weighted by molar-refractivity contribution is -0.162. The van der Waals surface area contributed by atoms with E-state index in [4.69, 9.17) is 0 Å². The summed E-state index contributed by atoms with van der Waals surface area (Å²) in [5.41, 5.74) is -0.670. The van der Waals surface area contributed by atoms with Gasteiger partial charge in [-0.15, -0.1) is 0 Å². The molecule has 4 rings (SSSR count). The highest BCUT2D eigenvalue weighted by atomic mass is 79.9. The number of aliphatic hydroxyl groups is 1. The van der Waals surface area contributed by atoms with E-state index in [1.165, 1.54) is 32.1 Å². The number of carbonyl (C=O) groups excluding carboxylic acids is 2. The van der Waals surface area contributed by atoms with Crippen molar-refractivity contribution in [1.29, 1.82) is 0 Å². The molecule has 0 radical (unpaired) electrons. The molecule has 2 saturated carbocycles. The van der Waals surface area contributed by atoms with Gasteiger partial charge in [0.05, 0.1) is 12.1 Å². The molecule has 1 N–H and O–H groups in total. The Balaban J connectivity index is 1.44. The molecule has 1 saturated heterocycles. The number of rotatable bonds is 6. The number of amides is 1. The van der Waals surface area contributed by atoms with Crippen molar-refractivity contribution in [2.24, 2.45) is 22.2 Å². The standard InChI is InChI=1S/C25H38BrN3O3/c1-19(13-20-7-3-2-4-8-20)23(31)29-12-11-25(32,24(17-29)9-5-6-10-24)18-28-14-21(16-30)27-22(26)15-28/h15-16,19-20,32H,2-14,17-18H2,1H3/t19-,25?/m1/s1. The molecule has 1 amide bonds. The maximum atomic E-state index is 13.4. The minimum Gasteiger partial charge on any atom is -0.387 e. The largest absolute Gasteiger partial charge is 0.387 e. The number of aliphatic imine (C=N–C) groups is 1. The topological polar surface area (TPSA) is 73.2 Å². The van der Waals surface area contributed by atoms with Gasteiger partial charge in [0.15, 0.2) is 6.29 Å². The van der Waals surface area contributed by atoms with Crippen LogP contribution in [0, 0.1) is 17.3 Å². The first-order valence-corrected chi connectivity index (χ1v) is 13.3. The normalized spacial score (nSPS) is 29.6. The molecule has 6 nitrogen and oxygen atoms in total. The number of likely N-dealkylation sites (tertiary alicyclic amines) is 1. The summed E-state index contributed by atoms with van der Waals surface area (Å²) < 4.78 is 0.610. The van der Waals surface area contributed by atoms with Gasteiger partial charge in [0.2, 0.25) is 5.91 Å². The third-order valence-corrected chi connectivity index (χ3v) is 8.87. The summed E-state index contributed by atoms with van der Waals surface area (Å²) in [5.74, 6) is 1.04. The van der Waals surface area contributed by atoms with Crippen LogP contribution in [0.5, 0.6) is 0 Å². The highest BCUT2D eigenvalue weighted by molar-refractivity contribution is 9.11. The van der Waals surface area contributed by atoms with Gasteiger partial charge in [0.1, 0.15) is 10.3 Å². The van der Waals surface area contributed by atoms with Crippen molar-refractivity contribution >= 4 is 33.8 Å². The first-order chi connectivity index (χ1) is 15.3. The molecule has 0 bridgehead atoms. The second-order valence-corrected chi connectivity index (χ2v) is 11.6. The molecule has 178 valence electrons. The minimum absolute atomic E-state index is 0.0649. The van der Waals surface area contributed by atoms with Gasteiger partial charge in [0.25, 0.3) is 0 Å². The number of carbonyl (C=O) groups is 2. The van der Waals surface area contributed by atoms with Gasteiger partial charge in [-0.1, -0.05) is 51.9 Å². The van der Waals surface area contributed by atoms with Gasteiger partial charge in [-0.25, -0.2) is 4.99 Å². The highest BCUT2D eigenvalue weighted by Crippen LogP contribution is 2.51. The molecular weight excluding hydrogens is 470 g/mol. The lowest BCUT2D eigenvalue weighted by Crippen LogP contribution is -2.64.